The first-order valence-electron chi connectivity index (χ1n) is 8.09. The zero-order valence-electron chi connectivity index (χ0n) is 14.1. The van der Waals surface area contributed by atoms with E-state index in [1.165, 1.54) is 12.1 Å². The number of hydrogen-bond acceptors (Lipinski definition) is 3. The summed E-state index contributed by atoms with van der Waals surface area (Å²) in [5.41, 5.74) is 2.96. The lowest BCUT2D eigenvalue weighted by Crippen LogP contribution is -2.25. The maximum atomic E-state index is 13.0. The van der Waals surface area contributed by atoms with Crippen LogP contribution in [0.3, 0.4) is 0 Å². The smallest absolute Gasteiger partial charge is 0.257 e. The van der Waals surface area contributed by atoms with Crippen LogP contribution in [-0.2, 0) is 6.54 Å². The van der Waals surface area contributed by atoms with Crippen LogP contribution in [0, 0.1) is 5.82 Å². The molecule has 0 atom stereocenters. The number of rotatable bonds is 4. The average Bonchev–Trinajstić information content (AvgIpc) is 3.29. The zero-order chi connectivity index (χ0) is 18.1. The van der Waals surface area contributed by atoms with Crippen molar-refractivity contribution in [3.8, 4) is 5.69 Å². The van der Waals surface area contributed by atoms with Gasteiger partial charge in [0.05, 0.1) is 29.2 Å². The van der Waals surface area contributed by atoms with Gasteiger partial charge in [0.15, 0.2) is 0 Å². The minimum Gasteiger partial charge on any atom is -0.337 e. The van der Waals surface area contributed by atoms with E-state index < -0.39 is 0 Å². The Morgan fingerprint density at radius 3 is 2.73 bits per heavy atom. The first-order chi connectivity index (χ1) is 12.6. The Morgan fingerprint density at radius 1 is 1.12 bits per heavy atom. The third kappa shape index (κ3) is 2.95. The number of nitrogens with zero attached hydrogens (tertiary/aromatic N) is 5. The molecule has 3 aromatic heterocycles. The molecule has 1 aromatic carbocycles. The van der Waals surface area contributed by atoms with Gasteiger partial charge in [-0.2, -0.15) is 10.2 Å². The highest BCUT2D eigenvalue weighted by atomic mass is 19.1. The summed E-state index contributed by atoms with van der Waals surface area (Å²) < 4.78 is 16.4. The standard InChI is InChI=1S/C19H16FN5O/c1-23(19(26)17-11-22-24-9-3-2-4-18(17)24)12-14-10-21-25(13-14)16-7-5-15(20)6-8-16/h2-11,13H,12H2,1H3. The van der Waals surface area contributed by atoms with Crippen LogP contribution in [0.25, 0.3) is 11.2 Å². The Labute approximate surface area is 149 Å². The largest absolute Gasteiger partial charge is 0.337 e. The van der Waals surface area contributed by atoms with Gasteiger partial charge in [-0.15, -0.1) is 0 Å². The van der Waals surface area contributed by atoms with Gasteiger partial charge in [-0.3, -0.25) is 4.79 Å². The normalized spacial score (nSPS) is 11.0. The second kappa shape index (κ2) is 6.44. The number of benzene rings is 1. The molecule has 0 aliphatic carbocycles. The SMILES string of the molecule is CN(Cc1cnn(-c2ccc(F)cc2)c1)C(=O)c1cnn2ccccc12. The van der Waals surface area contributed by atoms with E-state index in [1.54, 1.807) is 51.9 Å². The number of halogens is 1. The first-order valence-corrected chi connectivity index (χ1v) is 8.09. The summed E-state index contributed by atoms with van der Waals surface area (Å²) in [6.45, 7) is 0.407. The number of carbonyl (C=O) groups is 1. The van der Waals surface area contributed by atoms with Crippen LogP contribution in [-0.4, -0.2) is 37.2 Å². The molecular weight excluding hydrogens is 333 g/mol. The second-order valence-corrected chi connectivity index (χ2v) is 6.02. The molecule has 0 unspecified atom stereocenters. The van der Waals surface area contributed by atoms with Crippen LogP contribution >= 0.6 is 0 Å². The number of pyridine rings is 1. The van der Waals surface area contributed by atoms with E-state index in [9.17, 15) is 9.18 Å². The van der Waals surface area contributed by atoms with E-state index in [2.05, 4.69) is 10.2 Å². The lowest BCUT2D eigenvalue weighted by molar-refractivity contribution is 0.0787. The third-order valence-electron chi connectivity index (χ3n) is 4.15. The summed E-state index contributed by atoms with van der Waals surface area (Å²) in [6, 6.07) is 11.7. The highest BCUT2D eigenvalue weighted by Crippen LogP contribution is 2.15. The fraction of sp³-hybridized carbons (Fsp3) is 0.105. The minimum atomic E-state index is -0.292. The molecule has 1 amide bonds. The van der Waals surface area contributed by atoms with Gasteiger partial charge < -0.3 is 4.90 Å². The molecule has 4 rings (SSSR count). The van der Waals surface area contributed by atoms with E-state index in [-0.39, 0.29) is 11.7 Å². The maximum absolute atomic E-state index is 13.0. The summed E-state index contributed by atoms with van der Waals surface area (Å²) >= 11 is 0. The molecule has 7 heteroatoms. The number of fused-ring (bicyclic) bond motifs is 1. The van der Waals surface area contributed by atoms with Gasteiger partial charge in [0.1, 0.15) is 5.82 Å². The van der Waals surface area contributed by atoms with Crippen molar-refractivity contribution in [3.05, 3.63) is 84.2 Å². The molecule has 0 N–H and O–H groups in total. The predicted molar refractivity (Wildman–Crippen MR) is 94.5 cm³/mol. The molecule has 0 fully saturated rings. The fourth-order valence-electron chi connectivity index (χ4n) is 2.83. The molecular formula is C19H16FN5O. The minimum absolute atomic E-state index is 0.110. The lowest BCUT2D eigenvalue weighted by Gasteiger charge is -2.15. The highest BCUT2D eigenvalue weighted by molar-refractivity contribution is 6.00. The quantitative estimate of drug-likeness (QED) is 0.569. The van der Waals surface area contributed by atoms with Crippen molar-refractivity contribution in [3.63, 3.8) is 0 Å². The Bertz CT molecular complexity index is 1070. The summed E-state index contributed by atoms with van der Waals surface area (Å²) in [6.07, 6.45) is 6.91. The predicted octanol–water partition coefficient (Wildman–Crippen LogP) is 2.93. The number of hydrogen-bond donors (Lipinski definition) is 0. The van der Waals surface area contributed by atoms with Gasteiger partial charge in [-0.05, 0) is 36.4 Å². The zero-order valence-corrected chi connectivity index (χ0v) is 14.1. The number of carbonyl (C=O) groups excluding carboxylic acids is 1. The summed E-state index contributed by atoms with van der Waals surface area (Å²) in [4.78, 5) is 14.4. The van der Waals surface area contributed by atoms with Crippen molar-refractivity contribution in [2.24, 2.45) is 0 Å². The van der Waals surface area contributed by atoms with Crippen LogP contribution in [0.1, 0.15) is 15.9 Å². The molecule has 0 radical (unpaired) electrons. The van der Waals surface area contributed by atoms with Crippen LogP contribution in [0.5, 0.6) is 0 Å². The highest BCUT2D eigenvalue weighted by Gasteiger charge is 2.17. The van der Waals surface area contributed by atoms with Gasteiger partial charge in [0, 0.05) is 31.5 Å². The molecule has 0 saturated carbocycles. The van der Waals surface area contributed by atoms with Crippen molar-refractivity contribution < 1.29 is 9.18 Å². The van der Waals surface area contributed by atoms with E-state index >= 15 is 0 Å². The monoisotopic (exact) mass is 349 g/mol. The molecule has 0 aliphatic heterocycles. The Balaban J connectivity index is 1.52. The molecule has 0 saturated heterocycles. The summed E-state index contributed by atoms with van der Waals surface area (Å²) in [7, 11) is 1.74. The van der Waals surface area contributed by atoms with Gasteiger partial charge >= 0.3 is 0 Å². The van der Waals surface area contributed by atoms with E-state index in [0.29, 0.717) is 12.1 Å². The second-order valence-electron chi connectivity index (χ2n) is 6.02. The molecule has 0 spiro atoms. The van der Waals surface area contributed by atoms with E-state index in [0.717, 1.165) is 16.8 Å². The van der Waals surface area contributed by atoms with Crippen molar-refractivity contribution in [1.82, 2.24) is 24.3 Å². The van der Waals surface area contributed by atoms with Gasteiger partial charge in [-0.1, -0.05) is 6.07 Å². The van der Waals surface area contributed by atoms with Crippen LogP contribution < -0.4 is 0 Å². The molecule has 26 heavy (non-hydrogen) atoms. The van der Waals surface area contributed by atoms with Crippen LogP contribution in [0.4, 0.5) is 4.39 Å². The van der Waals surface area contributed by atoms with Crippen LogP contribution in [0.15, 0.2) is 67.3 Å². The summed E-state index contributed by atoms with van der Waals surface area (Å²) in [5, 5.41) is 8.48. The number of amides is 1. The molecule has 0 aliphatic rings. The Kier molecular flexibility index (Phi) is 3.96. The fourth-order valence-corrected chi connectivity index (χ4v) is 2.83. The molecule has 3 heterocycles. The average molecular weight is 349 g/mol. The van der Waals surface area contributed by atoms with Crippen molar-refractivity contribution in [2.45, 2.75) is 6.54 Å². The molecule has 4 aromatic rings. The third-order valence-corrected chi connectivity index (χ3v) is 4.15. The molecule has 0 bridgehead atoms. The molecule has 130 valence electrons. The molecule has 6 nitrogen and oxygen atoms in total. The first kappa shape index (κ1) is 16.0. The van der Waals surface area contributed by atoms with Crippen LogP contribution in [0.2, 0.25) is 0 Å². The van der Waals surface area contributed by atoms with E-state index in [4.69, 9.17) is 0 Å². The van der Waals surface area contributed by atoms with E-state index in [1.807, 2.05) is 24.4 Å². The van der Waals surface area contributed by atoms with Gasteiger partial charge in [-0.25, -0.2) is 13.6 Å². The van der Waals surface area contributed by atoms with Gasteiger partial charge in [0.25, 0.3) is 5.91 Å². The van der Waals surface area contributed by atoms with Crippen molar-refractivity contribution in [2.75, 3.05) is 7.05 Å². The Morgan fingerprint density at radius 2 is 1.92 bits per heavy atom. The van der Waals surface area contributed by atoms with Crippen molar-refractivity contribution >= 4 is 11.4 Å². The van der Waals surface area contributed by atoms with Crippen molar-refractivity contribution in [1.29, 1.82) is 0 Å². The topological polar surface area (TPSA) is 55.4 Å². The lowest BCUT2D eigenvalue weighted by atomic mass is 10.2. The number of aromatic nitrogens is 4. The van der Waals surface area contributed by atoms with Gasteiger partial charge in [0.2, 0.25) is 0 Å². The Hall–Kier alpha value is -3.48. The maximum Gasteiger partial charge on any atom is 0.257 e. The summed E-state index contributed by atoms with van der Waals surface area (Å²) in [5.74, 6) is -0.402.